The maximum atomic E-state index is 13.7. The van der Waals surface area contributed by atoms with Crippen molar-refractivity contribution in [3.8, 4) is 0 Å². The fraction of sp³-hybridized carbons (Fsp3) is 0.320. The molecule has 1 aliphatic heterocycles. The Morgan fingerprint density at radius 2 is 1.81 bits per heavy atom. The van der Waals surface area contributed by atoms with Gasteiger partial charge in [-0.05, 0) is 17.2 Å². The molecule has 7 heteroatoms. The lowest BCUT2D eigenvalue weighted by Crippen LogP contribution is -2.53. The van der Waals surface area contributed by atoms with Crippen LogP contribution in [0, 0.1) is 5.92 Å². The van der Waals surface area contributed by atoms with Crippen LogP contribution in [0.15, 0.2) is 54.6 Å². The van der Waals surface area contributed by atoms with Crippen LogP contribution in [0.2, 0.25) is 0 Å². The molecule has 166 valence electrons. The number of H-pyrrole nitrogens is 1. The van der Waals surface area contributed by atoms with E-state index in [1.807, 2.05) is 54.6 Å². The summed E-state index contributed by atoms with van der Waals surface area (Å²) in [7, 11) is 1.35. The summed E-state index contributed by atoms with van der Waals surface area (Å²) in [4.78, 5) is 43.3. The zero-order valence-corrected chi connectivity index (χ0v) is 19.1. The Morgan fingerprint density at radius 3 is 2.50 bits per heavy atom. The molecule has 1 N–H and O–H groups in total. The van der Waals surface area contributed by atoms with Crippen molar-refractivity contribution < 1.29 is 19.1 Å². The number of amides is 1. The Balaban J connectivity index is 1.88. The molecule has 1 aliphatic rings. The van der Waals surface area contributed by atoms with E-state index in [-0.39, 0.29) is 11.0 Å². The molecule has 2 aromatic carbocycles. The summed E-state index contributed by atoms with van der Waals surface area (Å²) in [6.07, 6.45) is 0.369. The molecule has 32 heavy (non-hydrogen) atoms. The van der Waals surface area contributed by atoms with Crippen molar-refractivity contribution in [2.45, 2.75) is 32.4 Å². The molecule has 3 unspecified atom stereocenters. The van der Waals surface area contributed by atoms with Gasteiger partial charge in [-0.25, -0.2) is 4.79 Å². The van der Waals surface area contributed by atoms with E-state index in [4.69, 9.17) is 4.74 Å². The highest BCUT2D eigenvalue weighted by atomic mass is 32.2. The minimum Gasteiger partial charge on any atom is -0.467 e. The lowest BCUT2D eigenvalue weighted by Gasteiger charge is -2.42. The fourth-order valence-corrected chi connectivity index (χ4v) is 5.06. The SMILES string of the molecule is COC(=O)C1Cc2c([nH]c3ccccc23)C(c2ccccc2)N1C(=O)C(C)CSC(C)=O. The number of carbonyl (C=O) groups is 3. The lowest BCUT2D eigenvalue weighted by molar-refractivity contribution is -0.156. The molecule has 0 bridgehead atoms. The maximum absolute atomic E-state index is 13.7. The number of nitrogens with zero attached hydrogens (tertiary/aromatic N) is 1. The molecular formula is C25H26N2O4S. The Labute approximate surface area is 191 Å². The number of hydrogen-bond acceptors (Lipinski definition) is 5. The monoisotopic (exact) mass is 450 g/mol. The number of ether oxygens (including phenoxy) is 1. The molecule has 0 saturated carbocycles. The predicted octanol–water partition coefficient (Wildman–Crippen LogP) is 4.10. The van der Waals surface area contributed by atoms with Gasteiger partial charge in [0.05, 0.1) is 13.2 Å². The molecule has 0 saturated heterocycles. The second-order valence-electron chi connectivity index (χ2n) is 8.07. The first-order valence-corrected chi connectivity index (χ1v) is 11.6. The van der Waals surface area contributed by atoms with Crippen molar-refractivity contribution in [1.82, 2.24) is 9.88 Å². The topological polar surface area (TPSA) is 79.5 Å². The molecule has 3 aromatic rings. The summed E-state index contributed by atoms with van der Waals surface area (Å²) >= 11 is 1.12. The van der Waals surface area contributed by atoms with Crippen molar-refractivity contribution in [3.05, 3.63) is 71.4 Å². The van der Waals surface area contributed by atoms with Crippen LogP contribution in [-0.4, -0.2) is 45.8 Å². The number of carbonyl (C=O) groups excluding carboxylic acids is 3. The number of thioether (sulfide) groups is 1. The largest absolute Gasteiger partial charge is 0.467 e. The molecule has 1 amide bonds. The standard InChI is InChI=1S/C25H26N2O4S/c1-15(14-32-16(2)28)24(29)27-21(25(30)31-3)13-19-18-11-7-8-12-20(18)26-22(19)23(27)17-9-5-4-6-10-17/h4-12,15,21,23,26H,13-14H2,1-3H3. The van der Waals surface area contributed by atoms with Crippen molar-refractivity contribution in [2.24, 2.45) is 5.92 Å². The van der Waals surface area contributed by atoms with Crippen LogP contribution >= 0.6 is 11.8 Å². The second kappa shape index (κ2) is 9.20. The molecule has 0 radical (unpaired) electrons. The third-order valence-corrected chi connectivity index (χ3v) is 7.01. The highest BCUT2D eigenvalue weighted by Gasteiger charge is 2.45. The van der Waals surface area contributed by atoms with Gasteiger partial charge in [0.2, 0.25) is 5.91 Å². The summed E-state index contributed by atoms with van der Waals surface area (Å²) in [5, 5.41) is 1.01. The number of rotatable bonds is 5. The van der Waals surface area contributed by atoms with E-state index in [1.54, 1.807) is 11.8 Å². The number of fused-ring (bicyclic) bond motifs is 3. The maximum Gasteiger partial charge on any atom is 0.328 e. The van der Waals surface area contributed by atoms with E-state index in [9.17, 15) is 14.4 Å². The van der Waals surface area contributed by atoms with Gasteiger partial charge in [0.15, 0.2) is 5.12 Å². The number of methoxy groups -OCH3 is 1. The molecule has 0 aliphatic carbocycles. The van der Waals surface area contributed by atoms with Gasteiger partial charge in [-0.3, -0.25) is 9.59 Å². The van der Waals surface area contributed by atoms with Crippen molar-refractivity contribution in [3.63, 3.8) is 0 Å². The highest BCUT2D eigenvalue weighted by molar-refractivity contribution is 8.13. The van der Waals surface area contributed by atoms with Crippen molar-refractivity contribution in [2.75, 3.05) is 12.9 Å². The van der Waals surface area contributed by atoms with Gasteiger partial charge >= 0.3 is 5.97 Å². The van der Waals surface area contributed by atoms with Crippen LogP contribution in [0.3, 0.4) is 0 Å². The van der Waals surface area contributed by atoms with Crippen molar-refractivity contribution >= 4 is 39.7 Å². The first-order valence-electron chi connectivity index (χ1n) is 10.6. The summed E-state index contributed by atoms with van der Waals surface area (Å²) in [5.74, 6) is -0.693. The predicted molar refractivity (Wildman–Crippen MR) is 125 cm³/mol. The van der Waals surface area contributed by atoms with Gasteiger partial charge in [-0.1, -0.05) is 67.2 Å². The molecule has 1 aromatic heterocycles. The number of aromatic amines is 1. The van der Waals surface area contributed by atoms with Crippen LogP contribution in [-0.2, 0) is 25.5 Å². The van der Waals surface area contributed by atoms with E-state index in [2.05, 4.69) is 4.98 Å². The van der Waals surface area contributed by atoms with Gasteiger partial charge in [-0.15, -0.1) is 0 Å². The molecule has 6 nitrogen and oxygen atoms in total. The van der Waals surface area contributed by atoms with Gasteiger partial charge in [-0.2, -0.15) is 0 Å². The summed E-state index contributed by atoms with van der Waals surface area (Å²) in [6, 6.07) is 16.5. The van der Waals surface area contributed by atoms with E-state index in [1.165, 1.54) is 14.0 Å². The Bertz CT molecular complexity index is 1160. The van der Waals surface area contributed by atoms with Gasteiger partial charge in [0.25, 0.3) is 0 Å². The van der Waals surface area contributed by atoms with Gasteiger partial charge in [0.1, 0.15) is 6.04 Å². The number of nitrogens with one attached hydrogen (secondary N) is 1. The summed E-state index contributed by atoms with van der Waals surface area (Å²) < 4.78 is 5.13. The summed E-state index contributed by atoms with van der Waals surface area (Å²) in [6.45, 7) is 3.29. The third kappa shape index (κ3) is 4.05. The number of para-hydroxylation sites is 1. The van der Waals surface area contributed by atoms with Crippen LogP contribution in [0.25, 0.3) is 10.9 Å². The summed E-state index contributed by atoms with van der Waals surface area (Å²) in [5.41, 5.74) is 3.82. The van der Waals surface area contributed by atoms with E-state index >= 15 is 0 Å². The first-order chi connectivity index (χ1) is 15.4. The van der Waals surface area contributed by atoms with E-state index in [0.29, 0.717) is 12.2 Å². The number of hydrogen-bond donors (Lipinski definition) is 1. The average molecular weight is 451 g/mol. The van der Waals surface area contributed by atoms with Gasteiger partial charge in [0, 0.05) is 41.6 Å². The molecule has 4 rings (SSSR count). The average Bonchev–Trinajstić information content (AvgIpc) is 3.19. The molecule has 2 heterocycles. The number of esters is 1. The molecule has 3 atom stereocenters. The zero-order chi connectivity index (χ0) is 22.8. The third-order valence-electron chi connectivity index (χ3n) is 5.93. The van der Waals surface area contributed by atoms with E-state index in [0.717, 1.165) is 39.5 Å². The zero-order valence-electron chi connectivity index (χ0n) is 18.3. The van der Waals surface area contributed by atoms with Crippen LogP contribution in [0.4, 0.5) is 0 Å². The Hall–Kier alpha value is -3.06. The minimum absolute atomic E-state index is 0.0367. The lowest BCUT2D eigenvalue weighted by atomic mass is 9.87. The number of aromatic nitrogens is 1. The molecular weight excluding hydrogens is 424 g/mol. The highest BCUT2D eigenvalue weighted by Crippen LogP contribution is 2.42. The Kier molecular flexibility index (Phi) is 6.37. The minimum atomic E-state index is -0.755. The Morgan fingerprint density at radius 1 is 1.12 bits per heavy atom. The number of benzene rings is 2. The fourth-order valence-electron chi connectivity index (χ4n) is 4.43. The van der Waals surface area contributed by atoms with Crippen LogP contribution in [0.5, 0.6) is 0 Å². The van der Waals surface area contributed by atoms with Crippen LogP contribution < -0.4 is 0 Å². The second-order valence-corrected chi connectivity index (χ2v) is 9.27. The van der Waals surface area contributed by atoms with Crippen molar-refractivity contribution in [1.29, 1.82) is 0 Å². The molecule has 0 spiro atoms. The van der Waals surface area contributed by atoms with E-state index < -0.39 is 24.0 Å². The quantitative estimate of drug-likeness (QED) is 0.592. The molecule has 0 fully saturated rings. The first kappa shape index (κ1) is 22.1. The van der Waals surface area contributed by atoms with Gasteiger partial charge < -0.3 is 14.6 Å². The smallest absolute Gasteiger partial charge is 0.328 e. The van der Waals surface area contributed by atoms with Crippen LogP contribution in [0.1, 0.15) is 36.7 Å². The normalized spacial score (nSPS) is 18.8.